The summed E-state index contributed by atoms with van der Waals surface area (Å²) in [5, 5.41) is 3.50. The zero-order valence-electron chi connectivity index (χ0n) is 11.2. The van der Waals surface area contributed by atoms with E-state index in [1.165, 1.54) is 5.56 Å². The Hall–Kier alpha value is -1.00. The first-order chi connectivity index (χ1) is 8.31. The molecule has 0 bridgehead atoms. The number of hydrogen-bond donors (Lipinski definition) is 1. The third-order valence-corrected chi connectivity index (χ3v) is 3.06. The molecule has 96 valence electrons. The van der Waals surface area contributed by atoms with Gasteiger partial charge in [0.05, 0.1) is 0 Å². The second kappa shape index (κ2) is 8.14. The summed E-state index contributed by atoms with van der Waals surface area (Å²) in [5.74, 6) is 0. The smallest absolute Gasteiger partial charge is 0.115 e. The highest BCUT2D eigenvalue weighted by molar-refractivity contribution is 5.09. The maximum Gasteiger partial charge on any atom is 0.115 e. The number of hydrogen-bond acceptors (Lipinski definition) is 4. The lowest BCUT2D eigenvalue weighted by atomic mass is 10.1. The van der Waals surface area contributed by atoms with E-state index in [-0.39, 0.29) is 0 Å². The first-order valence-corrected chi connectivity index (χ1v) is 6.52. The molecule has 1 unspecified atom stereocenters. The van der Waals surface area contributed by atoms with Gasteiger partial charge in [0.2, 0.25) is 0 Å². The topological polar surface area (TPSA) is 41.0 Å². The molecule has 1 heterocycles. The average molecular weight is 236 g/mol. The fraction of sp³-hybridized carbons (Fsp3) is 0.692. The van der Waals surface area contributed by atoms with Gasteiger partial charge in [-0.2, -0.15) is 0 Å². The zero-order chi connectivity index (χ0) is 12.5. The van der Waals surface area contributed by atoms with Crippen LogP contribution in [0.3, 0.4) is 0 Å². The van der Waals surface area contributed by atoms with Crippen LogP contribution in [0.1, 0.15) is 38.8 Å². The van der Waals surface area contributed by atoms with Crippen LogP contribution in [0.5, 0.6) is 0 Å². The van der Waals surface area contributed by atoms with E-state index >= 15 is 0 Å². The zero-order valence-corrected chi connectivity index (χ0v) is 11.2. The molecular weight excluding hydrogens is 212 g/mol. The average Bonchev–Trinajstić information content (AvgIpc) is 2.39. The Morgan fingerprint density at radius 3 is 2.35 bits per heavy atom. The van der Waals surface area contributed by atoms with E-state index in [1.54, 1.807) is 6.33 Å². The van der Waals surface area contributed by atoms with E-state index in [2.05, 4.69) is 41.0 Å². The summed E-state index contributed by atoms with van der Waals surface area (Å²) >= 11 is 0. The molecule has 0 spiro atoms. The molecule has 0 aliphatic heterocycles. The van der Waals surface area contributed by atoms with Crippen molar-refractivity contribution in [1.29, 1.82) is 0 Å². The number of nitrogens with one attached hydrogen (secondary N) is 1. The lowest BCUT2D eigenvalue weighted by Crippen LogP contribution is -2.29. The lowest BCUT2D eigenvalue weighted by Gasteiger charge is -2.23. The second-order valence-electron chi connectivity index (χ2n) is 4.10. The summed E-state index contributed by atoms with van der Waals surface area (Å²) in [6.07, 6.45) is 6.49. The fourth-order valence-electron chi connectivity index (χ4n) is 1.98. The molecule has 1 N–H and O–H groups in total. The van der Waals surface area contributed by atoms with Crippen LogP contribution >= 0.6 is 0 Å². The second-order valence-corrected chi connectivity index (χ2v) is 4.10. The van der Waals surface area contributed by atoms with Gasteiger partial charge >= 0.3 is 0 Å². The molecule has 0 amide bonds. The van der Waals surface area contributed by atoms with Crippen molar-refractivity contribution in [3.8, 4) is 0 Å². The fourth-order valence-corrected chi connectivity index (χ4v) is 1.98. The van der Waals surface area contributed by atoms with Crippen molar-refractivity contribution >= 4 is 0 Å². The number of aromatic nitrogens is 2. The van der Waals surface area contributed by atoms with Crippen molar-refractivity contribution in [2.24, 2.45) is 0 Å². The molecule has 4 nitrogen and oxygen atoms in total. The third kappa shape index (κ3) is 4.79. The van der Waals surface area contributed by atoms with E-state index < -0.39 is 0 Å². The highest BCUT2D eigenvalue weighted by Crippen LogP contribution is 2.14. The van der Waals surface area contributed by atoms with Crippen LogP contribution in [-0.4, -0.2) is 41.0 Å². The molecule has 0 aromatic carbocycles. The van der Waals surface area contributed by atoms with Crippen LogP contribution in [0.25, 0.3) is 0 Å². The Kier molecular flexibility index (Phi) is 6.74. The standard InChI is InChI=1S/C13H24N4/c1-4-16-13(7-8-17(5-2)6-3)12-9-14-11-15-10-12/h9-11,13,16H,4-8H2,1-3H3. The summed E-state index contributed by atoms with van der Waals surface area (Å²) in [6, 6.07) is 0.363. The number of rotatable bonds is 8. The van der Waals surface area contributed by atoms with E-state index in [0.29, 0.717) is 6.04 Å². The quantitative estimate of drug-likeness (QED) is 0.748. The third-order valence-electron chi connectivity index (χ3n) is 3.06. The van der Waals surface area contributed by atoms with Crippen molar-refractivity contribution in [3.05, 3.63) is 24.3 Å². The Labute approximate surface area is 104 Å². The lowest BCUT2D eigenvalue weighted by molar-refractivity contribution is 0.282. The normalized spacial score (nSPS) is 12.9. The molecule has 1 aromatic heterocycles. The van der Waals surface area contributed by atoms with E-state index in [0.717, 1.165) is 32.6 Å². The molecule has 0 aliphatic carbocycles. The van der Waals surface area contributed by atoms with Crippen LogP contribution < -0.4 is 5.32 Å². The van der Waals surface area contributed by atoms with Gasteiger partial charge in [-0.1, -0.05) is 20.8 Å². The highest BCUT2D eigenvalue weighted by Gasteiger charge is 2.11. The van der Waals surface area contributed by atoms with Gasteiger partial charge in [0, 0.05) is 24.0 Å². The molecule has 1 aromatic rings. The molecule has 0 saturated heterocycles. The highest BCUT2D eigenvalue weighted by atomic mass is 15.1. The molecule has 17 heavy (non-hydrogen) atoms. The van der Waals surface area contributed by atoms with E-state index in [9.17, 15) is 0 Å². The van der Waals surface area contributed by atoms with Gasteiger partial charge in [0.1, 0.15) is 6.33 Å². The minimum atomic E-state index is 0.363. The van der Waals surface area contributed by atoms with Gasteiger partial charge in [-0.15, -0.1) is 0 Å². The summed E-state index contributed by atoms with van der Waals surface area (Å²) < 4.78 is 0. The Balaban J connectivity index is 2.55. The van der Waals surface area contributed by atoms with E-state index in [4.69, 9.17) is 0 Å². The Morgan fingerprint density at radius 1 is 1.18 bits per heavy atom. The van der Waals surface area contributed by atoms with Crippen molar-refractivity contribution in [2.75, 3.05) is 26.2 Å². The van der Waals surface area contributed by atoms with Crippen LogP contribution in [-0.2, 0) is 0 Å². The predicted octanol–water partition coefficient (Wildman–Crippen LogP) is 1.86. The van der Waals surface area contributed by atoms with Gasteiger partial charge in [0.15, 0.2) is 0 Å². The van der Waals surface area contributed by atoms with Crippen molar-refractivity contribution in [2.45, 2.75) is 33.2 Å². The molecule has 4 heteroatoms. The van der Waals surface area contributed by atoms with Crippen LogP contribution in [0.2, 0.25) is 0 Å². The Morgan fingerprint density at radius 2 is 1.82 bits per heavy atom. The molecule has 0 saturated carbocycles. The van der Waals surface area contributed by atoms with Crippen LogP contribution in [0.15, 0.2) is 18.7 Å². The monoisotopic (exact) mass is 236 g/mol. The first kappa shape index (κ1) is 14.1. The SMILES string of the molecule is CCNC(CCN(CC)CC)c1cncnc1. The van der Waals surface area contributed by atoms with Gasteiger partial charge in [0.25, 0.3) is 0 Å². The summed E-state index contributed by atoms with van der Waals surface area (Å²) in [6.45, 7) is 10.8. The molecule has 0 aliphatic rings. The first-order valence-electron chi connectivity index (χ1n) is 6.52. The maximum absolute atomic E-state index is 4.09. The Bertz CT molecular complexity index is 285. The van der Waals surface area contributed by atoms with Gasteiger partial charge in [-0.05, 0) is 32.6 Å². The van der Waals surface area contributed by atoms with Crippen LogP contribution in [0, 0.1) is 0 Å². The minimum Gasteiger partial charge on any atom is -0.310 e. The van der Waals surface area contributed by atoms with Crippen molar-refractivity contribution in [3.63, 3.8) is 0 Å². The van der Waals surface area contributed by atoms with Gasteiger partial charge in [-0.25, -0.2) is 9.97 Å². The molecule has 0 fully saturated rings. The summed E-state index contributed by atoms with van der Waals surface area (Å²) in [7, 11) is 0. The predicted molar refractivity (Wildman–Crippen MR) is 70.9 cm³/mol. The summed E-state index contributed by atoms with van der Waals surface area (Å²) in [4.78, 5) is 10.6. The molecule has 0 radical (unpaired) electrons. The van der Waals surface area contributed by atoms with E-state index in [1.807, 2.05) is 12.4 Å². The molecule has 1 rings (SSSR count). The van der Waals surface area contributed by atoms with Crippen molar-refractivity contribution in [1.82, 2.24) is 20.2 Å². The summed E-state index contributed by atoms with van der Waals surface area (Å²) in [5.41, 5.74) is 1.18. The maximum atomic E-state index is 4.09. The largest absolute Gasteiger partial charge is 0.310 e. The van der Waals surface area contributed by atoms with Crippen molar-refractivity contribution < 1.29 is 0 Å². The number of nitrogens with zero attached hydrogens (tertiary/aromatic N) is 3. The van der Waals surface area contributed by atoms with Gasteiger partial charge < -0.3 is 10.2 Å². The van der Waals surface area contributed by atoms with Gasteiger partial charge in [-0.3, -0.25) is 0 Å². The minimum absolute atomic E-state index is 0.363. The van der Waals surface area contributed by atoms with Crippen LogP contribution in [0.4, 0.5) is 0 Å². The molecule has 1 atom stereocenters. The molecular formula is C13H24N4.